The van der Waals surface area contributed by atoms with Gasteiger partial charge in [0.25, 0.3) is 0 Å². The van der Waals surface area contributed by atoms with Crippen LogP contribution in [-0.4, -0.2) is 23.9 Å². The molecule has 1 rings (SSSR count). The van der Waals surface area contributed by atoms with Gasteiger partial charge in [-0.1, -0.05) is 32.1 Å². The smallest absolute Gasteiger partial charge is 0.321 e. The summed E-state index contributed by atoms with van der Waals surface area (Å²) in [5.41, 5.74) is 0. The molecule has 1 aliphatic carbocycles. The number of imide groups is 1. The van der Waals surface area contributed by atoms with Crippen molar-refractivity contribution in [1.29, 1.82) is 0 Å². The molecule has 1 aliphatic rings. The molecule has 0 aromatic rings. The number of amides is 3. The van der Waals surface area contributed by atoms with Crippen molar-refractivity contribution in [3.05, 3.63) is 0 Å². The standard InChI is InChI=1S/C12H21ClN2O2/c13-9-8-11(16)15-12(17)14-10-6-4-2-1-3-5-7-10/h10H,1-9H2,(H2,14,15,16,17). The highest BCUT2D eigenvalue weighted by Crippen LogP contribution is 2.16. The van der Waals surface area contributed by atoms with Gasteiger partial charge in [0.2, 0.25) is 5.91 Å². The molecule has 3 amide bonds. The molecule has 0 aromatic carbocycles. The second-order valence-corrected chi connectivity index (χ2v) is 4.88. The topological polar surface area (TPSA) is 58.2 Å². The largest absolute Gasteiger partial charge is 0.335 e. The monoisotopic (exact) mass is 260 g/mol. The number of urea groups is 1. The minimum Gasteiger partial charge on any atom is -0.335 e. The Hall–Kier alpha value is -0.770. The van der Waals surface area contributed by atoms with Crippen molar-refractivity contribution in [2.45, 2.75) is 57.4 Å². The maximum atomic E-state index is 11.5. The Labute approximate surface area is 107 Å². The van der Waals surface area contributed by atoms with Gasteiger partial charge >= 0.3 is 6.03 Å². The summed E-state index contributed by atoms with van der Waals surface area (Å²) in [6.07, 6.45) is 8.29. The number of rotatable bonds is 3. The summed E-state index contributed by atoms with van der Waals surface area (Å²) >= 11 is 5.42. The Morgan fingerprint density at radius 1 is 1.06 bits per heavy atom. The Balaban J connectivity index is 2.25. The molecule has 17 heavy (non-hydrogen) atoms. The molecule has 0 heterocycles. The molecular formula is C12H21ClN2O2. The normalized spacial score (nSPS) is 17.9. The first-order chi connectivity index (χ1) is 8.22. The Bertz CT molecular complexity index is 251. The van der Waals surface area contributed by atoms with Gasteiger partial charge in [0.05, 0.1) is 0 Å². The number of halogens is 1. The van der Waals surface area contributed by atoms with Gasteiger partial charge in [0.15, 0.2) is 0 Å². The zero-order chi connectivity index (χ0) is 12.5. The zero-order valence-corrected chi connectivity index (χ0v) is 10.9. The van der Waals surface area contributed by atoms with Crippen LogP contribution in [0.4, 0.5) is 4.79 Å². The molecule has 0 saturated heterocycles. The summed E-state index contributed by atoms with van der Waals surface area (Å²) in [6, 6.07) is -0.176. The van der Waals surface area contributed by atoms with Crippen LogP contribution in [0.5, 0.6) is 0 Å². The van der Waals surface area contributed by atoms with Crippen molar-refractivity contribution >= 4 is 23.5 Å². The molecule has 1 saturated carbocycles. The van der Waals surface area contributed by atoms with Crippen LogP contribution in [0.25, 0.3) is 0 Å². The first-order valence-electron chi connectivity index (χ1n) is 6.38. The second kappa shape index (κ2) is 8.34. The fourth-order valence-corrected chi connectivity index (χ4v) is 2.27. The van der Waals surface area contributed by atoms with E-state index in [0.29, 0.717) is 0 Å². The lowest BCUT2D eigenvalue weighted by Gasteiger charge is -2.20. The summed E-state index contributed by atoms with van der Waals surface area (Å²) in [7, 11) is 0. The van der Waals surface area contributed by atoms with Gasteiger partial charge in [-0.25, -0.2) is 4.79 Å². The predicted molar refractivity (Wildman–Crippen MR) is 68.1 cm³/mol. The maximum Gasteiger partial charge on any atom is 0.321 e. The van der Waals surface area contributed by atoms with Crippen LogP contribution in [0, 0.1) is 0 Å². The molecule has 2 N–H and O–H groups in total. The summed E-state index contributed by atoms with van der Waals surface area (Å²) in [5.74, 6) is -0.0777. The third-order valence-electron chi connectivity index (χ3n) is 3.01. The lowest BCUT2D eigenvalue weighted by molar-refractivity contribution is -0.119. The van der Waals surface area contributed by atoms with E-state index >= 15 is 0 Å². The molecule has 0 aromatic heterocycles. The molecule has 0 atom stereocenters. The van der Waals surface area contributed by atoms with E-state index in [1.165, 1.54) is 19.3 Å². The van der Waals surface area contributed by atoms with Crippen molar-refractivity contribution in [2.75, 3.05) is 5.88 Å². The average Bonchev–Trinajstić information content (AvgIpc) is 2.22. The summed E-state index contributed by atoms with van der Waals surface area (Å²) in [4.78, 5) is 22.7. The molecule has 0 aliphatic heterocycles. The fraction of sp³-hybridized carbons (Fsp3) is 0.833. The van der Waals surface area contributed by atoms with E-state index in [0.717, 1.165) is 25.7 Å². The molecule has 98 valence electrons. The zero-order valence-electron chi connectivity index (χ0n) is 10.1. The molecule has 1 fully saturated rings. The van der Waals surface area contributed by atoms with Crippen LogP contribution < -0.4 is 10.6 Å². The summed E-state index contributed by atoms with van der Waals surface area (Å²) in [5, 5.41) is 5.15. The minimum atomic E-state index is -0.384. The lowest BCUT2D eigenvalue weighted by atomic mass is 9.97. The van der Waals surface area contributed by atoms with Gasteiger partial charge in [-0.2, -0.15) is 0 Å². The molecule has 0 spiro atoms. The van der Waals surface area contributed by atoms with Crippen LogP contribution in [0.2, 0.25) is 0 Å². The number of nitrogens with one attached hydrogen (secondary N) is 2. The number of hydrogen-bond acceptors (Lipinski definition) is 2. The number of hydrogen-bond donors (Lipinski definition) is 2. The van der Waals surface area contributed by atoms with Crippen molar-refractivity contribution in [2.24, 2.45) is 0 Å². The number of carbonyl (C=O) groups is 2. The van der Waals surface area contributed by atoms with Gasteiger partial charge in [-0.15, -0.1) is 11.6 Å². The molecule has 0 radical (unpaired) electrons. The van der Waals surface area contributed by atoms with Crippen molar-refractivity contribution < 1.29 is 9.59 Å². The van der Waals surface area contributed by atoms with Crippen LogP contribution >= 0.6 is 11.6 Å². The van der Waals surface area contributed by atoms with Gasteiger partial charge in [-0.05, 0) is 12.8 Å². The third-order valence-corrected chi connectivity index (χ3v) is 3.20. The first kappa shape index (κ1) is 14.3. The Kier molecular flexibility index (Phi) is 7.01. The minimum absolute atomic E-state index is 0.180. The van der Waals surface area contributed by atoms with Gasteiger partial charge < -0.3 is 5.32 Å². The van der Waals surface area contributed by atoms with E-state index in [4.69, 9.17) is 11.6 Å². The van der Waals surface area contributed by atoms with Gasteiger partial charge in [0.1, 0.15) is 0 Å². The van der Waals surface area contributed by atoms with Crippen molar-refractivity contribution in [1.82, 2.24) is 10.6 Å². The van der Waals surface area contributed by atoms with Crippen molar-refractivity contribution in [3.63, 3.8) is 0 Å². The molecule has 4 nitrogen and oxygen atoms in total. The highest BCUT2D eigenvalue weighted by Gasteiger charge is 2.15. The number of alkyl halides is 1. The quantitative estimate of drug-likeness (QED) is 0.766. The first-order valence-corrected chi connectivity index (χ1v) is 6.92. The van der Waals surface area contributed by atoms with E-state index < -0.39 is 0 Å². The predicted octanol–water partition coefficient (Wildman–Crippen LogP) is 2.55. The Morgan fingerprint density at radius 2 is 1.65 bits per heavy atom. The van der Waals surface area contributed by atoms with E-state index in [-0.39, 0.29) is 30.3 Å². The Morgan fingerprint density at radius 3 is 2.24 bits per heavy atom. The summed E-state index contributed by atoms with van der Waals surface area (Å²) < 4.78 is 0. The van der Waals surface area contributed by atoms with Crippen LogP contribution in [0.3, 0.4) is 0 Å². The van der Waals surface area contributed by atoms with Crippen LogP contribution in [-0.2, 0) is 4.79 Å². The van der Waals surface area contributed by atoms with Crippen molar-refractivity contribution in [3.8, 4) is 0 Å². The van der Waals surface area contributed by atoms with Gasteiger partial charge in [0, 0.05) is 18.3 Å². The molecular weight excluding hydrogens is 240 g/mol. The SMILES string of the molecule is O=C(CCCl)NC(=O)NC1CCCCCCC1. The van der Waals surface area contributed by atoms with E-state index in [1.807, 2.05) is 0 Å². The van der Waals surface area contributed by atoms with Crippen LogP contribution in [0.15, 0.2) is 0 Å². The van der Waals surface area contributed by atoms with E-state index in [1.54, 1.807) is 0 Å². The highest BCUT2D eigenvalue weighted by atomic mass is 35.5. The van der Waals surface area contributed by atoms with E-state index in [2.05, 4.69) is 10.6 Å². The third kappa shape index (κ3) is 6.51. The number of carbonyl (C=O) groups excluding carboxylic acids is 2. The van der Waals surface area contributed by atoms with Crippen LogP contribution in [0.1, 0.15) is 51.4 Å². The maximum absolute atomic E-state index is 11.5. The summed E-state index contributed by atoms with van der Waals surface area (Å²) in [6.45, 7) is 0. The molecule has 5 heteroatoms. The lowest BCUT2D eigenvalue weighted by Crippen LogP contribution is -2.44. The molecule has 0 unspecified atom stereocenters. The molecule has 0 bridgehead atoms. The second-order valence-electron chi connectivity index (χ2n) is 4.50. The van der Waals surface area contributed by atoms with E-state index in [9.17, 15) is 9.59 Å². The highest BCUT2D eigenvalue weighted by molar-refractivity contribution is 6.19. The van der Waals surface area contributed by atoms with Gasteiger partial charge in [-0.3, -0.25) is 10.1 Å². The average molecular weight is 261 g/mol. The fourth-order valence-electron chi connectivity index (χ4n) is 2.10.